The molecule has 3 nitrogen and oxygen atoms in total. The predicted molar refractivity (Wildman–Crippen MR) is 84.9 cm³/mol. The molecule has 2 fully saturated rings. The van der Waals surface area contributed by atoms with E-state index in [4.69, 9.17) is 14.2 Å². The first-order valence-corrected chi connectivity index (χ1v) is 8.24. The molecule has 1 aromatic rings. The van der Waals surface area contributed by atoms with E-state index in [0.29, 0.717) is 19.1 Å². The van der Waals surface area contributed by atoms with Crippen LogP contribution in [0.15, 0.2) is 40.6 Å². The lowest BCUT2D eigenvalue weighted by Gasteiger charge is -2.37. The number of benzene rings is 1. The molecule has 1 unspecified atom stereocenters. The predicted octanol–water partition coefficient (Wildman–Crippen LogP) is 4.07. The molecule has 0 bridgehead atoms. The molecule has 4 heteroatoms. The second-order valence-corrected chi connectivity index (χ2v) is 6.68. The molecule has 1 aliphatic heterocycles. The van der Waals surface area contributed by atoms with Gasteiger partial charge in [0.2, 0.25) is 0 Å². The molecule has 1 heterocycles. The van der Waals surface area contributed by atoms with Gasteiger partial charge >= 0.3 is 0 Å². The zero-order valence-electron chi connectivity index (χ0n) is 12.3. The topological polar surface area (TPSA) is 27.7 Å². The third-order valence-corrected chi connectivity index (χ3v) is 4.88. The van der Waals surface area contributed by atoms with Crippen molar-refractivity contribution in [3.63, 3.8) is 0 Å². The largest absolute Gasteiger partial charge is 0.504 e. The number of ether oxygens (including phenoxy) is 3. The Hall–Kier alpha value is -0.840. The average molecular weight is 353 g/mol. The number of hydrogen-bond acceptors (Lipinski definition) is 3. The van der Waals surface area contributed by atoms with E-state index >= 15 is 0 Å². The molecule has 0 aromatic heterocycles. The van der Waals surface area contributed by atoms with Gasteiger partial charge in [-0.25, -0.2) is 0 Å². The minimum atomic E-state index is -0.356. The van der Waals surface area contributed by atoms with E-state index in [-0.39, 0.29) is 5.79 Å². The standard InChI is InChI=1S/C17H21BrO3/c1-19-12-14-6-7-17(20-8-9-21-17)11-15(14)10-13-2-4-16(18)5-3-13/h2-5,12,15H,6-11H2,1H3/b14-12-. The fourth-order valence-corrected chi connectivity index (χ4v) is 3.59. The maximum Gasteiger partial charge on any atom is 0.169 e. The van der Waals surface area contributed by atoms with Gasteiger partial charge in [0, 0.05) is 17.3 Å². The number of allylic oxidation sites excluding steroid dienone is 1. The number of halogens is 1. The van der Waals surface area contributed by atoms with Crippen molar-refractivity contribution >= 4 is 15.9 Å². The van der Waals surface area contributed by atoms with Crippen LogP contribution >= 0.6 is 15.9 Å². The maximum atomic E-state index is 5.90. The average Bonchev–Trinajstić information content (AvgIpc) is 2.93. The first-order valence-electron chi connectivity index (χ1n) is 7.45. The molecule has 0 radical (unpaired) electrons. The van der Waals surface area contributed by atoms with E-state index in [9.17, 15) is 0 Å². The molecule has 1 spiro atoms. The molecular formula is C17H21BrO3. The summed E-state index contributed by atoms with van der Waals surface area (Å²) < 4.78 is 18.2. The number of methoxy groups -OCH3 is 1. The summed E-state index contributed by atoms with van der Waals surface area (Å²) in [6.07, 6.45) is 5.73. The van der Waals surface area contributed by atoms with Crippen molar-refractivity contribution in [2.75, 3.05) is 20.3 Å². The van der Waals surface area contributed by atoms with Crippen LogP contribution in [0, 0.1) is 5.92 Å². The van der Waals surface area contributed by atoms with Crippen LogP contribution in [-0.4, -0.2) is 26.1 Å². The van der Waals surface area contributed by atoms with E-state index in [0.717, 1.165) is 30.2 Å². The van der Waals surface area contributed by atoms with Gasteiger partial charge in [0.1, 0.15) is 0 Å². The molecular weight excluding hydrogens is 332 g/mol. The first kappa shape index (κ1) is 15.1. The van der Waals surface area contributed by atoms with Crippen LogP contribution in [0.25, 0.3) is 0 Å². The lowest BCUT2D eigenvalue weighted by Crippen LogP contribution is -2.38. The Labute approximate surface area is 134 Å². The monoisotopic (exact) mass is 352 g/mol. The zero-order chi connectivity index (χ0) is 14.7. The van der Waals surface area contributed by atoms with Crippen LogP contribution < -0.4 is 0 Å². The van der Waals surface area contributed by atoms with Crippen LogP contribution in [0.2, 0.25) is 0 Å². The lowest BCUT2D eigenvalue weighted by molar-refractivity contribution is -0.179. The Morgan fingerprint density at radius 1 is 1.29 bits per heavy atom. The second-order valence-electron chi connectivity index (χ2n) is 5.77. The second kappa shape index (κ2) is 6.51. The smallest absolute Gasteiger partial charge is 0.169 e. The molecule has 114 valence electrons. The van der Waals surface area contributed by atoms with Crippen LogP contribution in [0.4, 0.5) is 0 Å². The molecule has 0 N–H and O–H groups in total. The van der Waals surface area contributed by atoms with Gasteiger partial charge in [0.05, 0.1) is 26.6 Å². The molecule has 21 heavy (non-hydrogen) atoms. The Bertz CT molecular complexity index is 503. The van der Waals surface area contributed by atoms with Gasteiger partial charge in [-0.3, -0.25) is 0 Å². The van der Waals surface area contributed by atoms with Gasteiger partial charge in [-0.1, -0.05) is 28.1 Å². The Kier molecular flexibility index (Phi) is 4.67. The van der Waals surface area contributed by atoms with Crippen molar-refractivity contribution in [2.24, 2.45) is 5.92 Å². The molecule has 0 amide bonds. The number of hydrogen-bond donors (Lipinski definition) is 0. The van der Waals surface area contributed by atoms with Gasteiger partial charge in [-0.2, -0.15) is 0 Å². The molecule has 1 atom stereocenters. The first-order chi connectivity index (χ1) is 10.2. The van der Waals surface area contributed by atoms with Gasteiger partial charge in [0.25, 0.3) is 0 Å². The maximum absolute atomic E-state index is 5.90. The summed E-state index contributed by atoms with van der Waals surface area (Å²) in [5, 5.41) is 0. The Morgan fingerprint density at radius 2 is 2.00 bits per heavy atom. The highest BCUT2D eigenvalue weighted by Crippen LogP contribution is 2.42. The number of rotatable bonds is 3. The van der Waals surface area contributed by atoms with Gasteiger partial charge in [0.15, 0.2) is 5.79 Å². The van der Waals surface area contributed by atoms with Gasteiger partial charge < -0.3 is 14.2 Å². The summed E-state index contributed by atoms with van der Waals surface area (Å²) >= 11 is 3.48. The van der Waals surface area contributed by atoms with Crippen LogP contribution in [0.5, 0.6) is 0 Å². The minimum Gasteiger partial charge on any atom is -0.504 e. The van der Waals surface area contributed by atoms with Crippen molar-refractivity contribution in [1.82, 2.24) is 0 Å². The highest BCUT2D eigenvalue weighted by Gasteiger charge is 2.43. The van der Waals surface area contributed by atoms with Gasteiger partial charge in [-0.15, -0.1) is 0 Å². The summed E-state index contributed by atoms with van der Waals surface area (Å²) in [4.78, 5) is 0. The highest BCUT2D eigenvalue weighted by molar-refractivity contribution is 9.10. The fraction of sp³-hybridized carbons (Fsp3) is 0.529. The van der Waals surface area contributed by atoms with Crippen LogP contribution in [0.1, 0.15) is 24.8 Å². The van der Waals surface area contributed by atoms with Crippen molar-refractivity contribution in [3.05, 3.63) is 46.1 Å². The summed E-state index contributed by atoms with van der Waals surface area (Å²) in [5.74, 6) is 0.0588. The minimum absolute atomic E-state index is 0.356. The molecule has 1 saturated carbocycles. The highest BCUT2D eigenvalue weighted by atomic mass is 79.9. The molecule has 2 aliphatic rings. The quantitative estimate of drug-likeness (QED) is 0.767. The van der Waals surface area contributed by atoms with Gasteiger partial charge in [-0.05, 0) is 42.0 Å². The van der Waals surface area contributed by atoms with E-state index in [1.165, 1.54) is 11.1 Å². The van der Waals surface area contributed by atoms with E-state index in [2.05, 4.69) is 40.2 Å². The fourth-order valence-electron chi connectivity index (χ4n) is 3.32. The van der Waals surface area contributed by atoms with E-state index in [1.807, 2.05) is 6.26 Å². The zero-order valence-corrected chi connectivity index (χ0v) is 13.9. The van der Waals surface area contributed by atoms with E-state index in [1.54, 1.807) is 7.11 Å². The van der Waals surface area contributed by atoms with Crippen LogP contribution in [-0.2, 0) is 20.6 Å². The van der Waals surface area contributed by atoms with Crippen LogP contribution in [0.3, 0.4) is 0 Å². The molecule has 3 rings (SSSR count). The summed E-state index contributed by atoms with van der Waals surface area (Å²) in [6, 6.07) is 8.53. The van der Waals surface area contributed by atoms with Crippen molar-refractivity contribution < 1.29 is 14.2 Å². The summed E-state index contributed by atoms with van der Waals surface area (Å²) in [6.45, 7) is 1.43. The molecule has 1 aliphatic carbocycles. The lowest BCUT2D eigenvalue weighted by atomic mass is 9.78. The van der Waals surface area contributed by atoms with Crippen molar-refractivity contribution in [3.8, 4) is 0 Å². The summed E-state index contributed by atoms with van der Waals surface area (Å²) in [5.41, 5.74) is 2.70. The van der Waals surface area contributed by atoms with Crippen molar-refractivity contribution in [2.45, 2.75) is 31.5 Å². The molecule has 1 aromatic carbocycles. The Balaban J connectivity index is 1.77. The molecule has 1 saturated heterocycles. The normalized spacial score (nSPS) is 26.4. The Morgan fingerprint density at radius 3 is 2.67 bits per heavy atom. The third kappa shape index (κ3) is 3.50. The van der Waals surface area contributed by atoms with Crippen molar-refractivity contribution in [1.29, 1.82) is 0 Å². The third-order valence-electron chi connectivity index (χ3n) is 4.35. The summed E-state index contributed by atoms with van der Waals surface area (Å²) in [7, 11) is 1.72. The SMILES string of the molecule is CO/C=C1/CCC2(CC1Cc1ccc(Br)cc1)OCCO2. The van der Waals surface area contributed by atoms with E-state index < -0.39 is 0 Å².